The van der Waals surface area contributed by atoms with Crippen LogP contribution in [0.3, 0.4) is 0 Å². The van der Waals surface area contributed by atoms with Crippen molar-refractivity contribution < 1.29 is 0 Å². The number of hydrogen-bond acceptors (Lipinski definition) is 2. The van der Waals surface area contributed by atoms with Crippen LogP contribution in [0.4, 0.5) is 0 Å². The lowest BCUT2D eigenvalue weighted by molar-refractivity contribution is 1.03. The summed E-state index contributed by atoms with van der Waals surface area (Å²) in [6.45, 7) is 6.41. The highest BCUT2D eigenvalue weighted by Crippen LogP contribution is 2.28. The van der Waals surface area contributed by atoms with Crippen LogP contribution in [-0.2, 0) is 0 Å². The summed E-state index contributed by atoms with van der Waals surface area (Å²) in [5, 5.41) is 0.730. The van der Waals surface area contributed by atoms with Gasteiger partial charge >= 0.3 is 0 Å². The highest BCUT2D eigenvalue weighted by Gasteiger charge is 2.14. The second-order valence-corrected chi connectivity index (χ2v) is 5.86. The van der Waals surface area contributed by atoms with Gasteiger partial charge in [0.15, 0.2) is 0 Å². The number of hydrogen-bond donors (Lipinski definition) is 1. The van der Waals surface area contributed by atoms with Crippen LogP contribution in [-0.4, -0.2) is 9.55 Å². The molecular formula is C18H18N2S. The molecule has 3 aromatic rings. The number of thiol groups is 1. The molecule has 1 heterocycles. The van der Waals surface area contributed by atoms with E-state index in [1.54, 1.807) is 0 Å². The predicted molar refractivity (Wildman–Crippen MR) is 90.5 cm³/mol. The molecule has 0 amide bonds. The van der Waals surface area contributed by atoms with E-state index in [0.717, 1.165) is 16.4 Å². The van der Waals surface area contributed by atoms with Crippen LogP contribution in [0.2, 0.25) is 0 Å². The van der Waals surface area contributed by atoms with Crippen molar-refractivity contribution in [3.8, 4) is 17.1 Å². The molecule has 1 aromatic heterocycles. The maximum absolute atomic E-state index is 4.59. The molecule has 0 spiro atoms. The average Bonchev–Trinajstić information content (AvgIpc) is 2.80. The lowest BCUT2D eigenvalue weighted by Crippen LogP contribution is -2.02. The summed E-state index contributed by atoms with van der Waals surface area (Å²) in [7, 11) is 0. The van der Waals surface area contributed by atoms with E-state index in [9.17, 15) is 0 Å². The van der Waals surface area contributed by atoms with Gasteiger partial charge in [-0.05, 0) is 31.9 Å². The third-order valence-corrected chi connectivity index (χ3v) is 3.82. The Balaban J connectivity index is 2.26. The Morgan fingerprint density at radius 2 is 1.57 bits per heavy atom. The first kappa shape index (κ1) is 14.0. The molecule has 0 N–H and O–H groups in total. The van der Waals surface area contributed by atoms with Crippen molar-refractivity contribution in [3.63, 3.8) is 0 Å². The number of aryl methyl sites for hydroxylation is 3. The fourth-order valence-electron chi connectivity index (χ4n) is 2.88. The van der Waals surface area contributed by atoms with Gasteiger partial charge in [0.25, 0.3) is 0 Å². The minimum atomic E-state index is 0.730. The van der Waals surface area contributed by atoms with Gasteiger partial charge in [0.2, 0.25) is 0 Å². The topological polar surface area (TPSA) is 17.8 Å². The standard InChI is InChI=1S/C18H18N2S/c1-12-9-13(2)17(14(3)10-12)20-11-16(21)19-18(20)15-7-5-4-6-8-15/h4-11,21H,1-3H3. The molecule has 2 aromatic carbocycles. The number of benzene rings is 2. The molecule has 0 fully saturated rings. The van der Waals surface area contributed by atoms with Crippen LogP contribution in [0.1, 0.15) is 16.7 Å². The zero-order valence-electron chi connectivity index (χ0n) is 12.5. The van der Waals surface area contributed by atoms with E-state index < -0.39 is 0 Å². The van der Waals surface area contributed by atoms with Crippen molar-refractivity contribution in [1.82, 2.24) is 9.55 Å². The van der Waals surface area contributed by atoms with Crippen LogP contribution in [0.5, 0.6) is 0 Å². The lowest BCUT2D eigenvalue weighted by atomic mass is 10.0. The molecule has 0 saturated carbocycles. The van der Waals surface area contributed by atoms with E-state index in [1.165, 1.54) is 22.4 Å². The van der Waals surface area contributed by atoms with Gasteiger partial charge in [-0.2, -0.15) is 0 Å². The molecule has 0 saturated heterocycles. The Morgan fingerprint density at radius 3 is 2.19 bits per heavy atom. The fraction of sp³-hybridized carbons (Fsp3) is 0.167. The molecule has 2 nitrogen and oxygen atoms in total. The summed E-state index contributed by atoms with van der Waals surface area (Å²) in [5.41, 5.74) is 6.05. The minimum absolute atomic E-state index is 0.730. The van der Waals surface area contributed by atoms with Crippen LogP contribution in [0.15, 0.2) is 53.7 Å². The van der Waals surface area contributed by atoms with Gasteiger partial charge < -0.3 is 0 Å². The van der Waals surface area contributed by atoms with Crippen LogP contribution in [0.25, 0.3) is 17.1 Å². The van der Waals surface area contributed by atoms with E-state index in [1.807, 2.05) is 24.4 Å². The van der Waals surface area contributed by atoms with Crippen molar-refractivity contribution in [2.75, 3.05) is 0 Å². The van der Waals surface area contributed by atoms with Gasteiger partial charge in [0.05, 0.1) is 5.69 Å². The highest BCUT2D eigenvalue weighted by molar-refractivity contribution is 7.80. The summed E-state index contributed by atoms with van der Waals surface area (Å²) < 4.78 is 2.14. The van der Waals surface area contributed by atoms with E-state index in [-0.39, 0.29) is 0 Å². The van der Waals surface area contributed by atoms with Crippen molar-refractivity contribution in [2.24, 2.45) is 0 Å². The molecule has 0 aliphatic carbocycles. The maximum atomic E-state index is 4.59. The summed E-state index contributed by atoms with van der Waals surface area (Å²) >= 11 is 4.43. The van der Waals surface area contributed by atoms with Gasteiger partial charge in [-0.15, -0.1) is 12.6 Å². The Morgan fingerprint density at radius 1 is 0.952 bits per heavy atom. The highest BCUT2D eigenvalue weighted by atomic mass is 32.1. The number of rotatable bonds is 2. The Labute approximate surface area is 130 Å². The van der Waals surface area contributed by atoms with Crippen LogP contribution < -0.4 is 0 Å². The summed E-state index contributed by atoms with van der Waals surface area (Å²) in [4.78, 5) is 4.59. The number of nitrogens with zero attached hydrogens (tertiary/aromatic N) is 2. The monoisotopic (exact) mass is 294 g/mol. The van der Waals surface area contributed by atoms with Gasteiger partial charge in [-0.25, -0.2) is 4.98 Å². The fourth-order valence-corrected chi connectivity index (χ4v) is 3.09. The molecule has 21 heavy (non-hydrogen) atoms. The van der Waals surface area contributed by atoms with E-state index in [4.69, 9.17) is 0 Å². The Hall–Kier alpha value is -2.00. The third kappa shape index (κ3) is 2.61. The van der Waals surface area contributed by atoms with Crippen molar-refractivity contribution in [3.05, 3.63) is 65.4 Å². The zero-order valence-corrected chi connectivity index (χ0v) is 13.4. The molecule has 3 rings (SSSR count). The molecule has 3 heteroatoms. The molecule has 106 valence electrons. The molecule has 0 atom stereocenters. The first-order valence-corrected chi connectivity index (χ1v) is 7.43. The van der Waals surface area contributed by atoms with E-state index >= 15 is 0 Å². The largest absolute Gasteiger partial charge is 0.298 e. The van der Waals surface area contributed by atoms with E-state index in [2.05, 4.69) is 67.2 Å². The number of aromatic nitrogens is 2. The Bertz CT molecular complexity index is 765. The summed E-state index contributed by atoms with van der Waals surface area (Å²) in [6, 6.07) is 14.6. The molecule has 0 aliphatic rings. The average molecular weight is 294 g/mol. The summed E-state index contributed by atoms with van der Waals surface area (Å²) in [6.07, 6.45) is 1.98. The minimum Gasteiger partial charge on any atom is -0.298 e. The SMILES string of the molecule is Cc1cc(C)c(-n2cc(S)nc2-c2ccccc2)c(C)c1. The predicted octanol–water partition coefficient (Wildman–Crippen LogP) is 4.75. The number of imidazole rings is 1. The van der Waals surface area contributed by atoms with Crippen molar-refractivity contribution >= 4 is 12.6 Å². The molecule has 0 unspecified atom stereocenters. The second kappa shape index (κ2) is 5.41. The zero-order chi connectivity index (χ0) is 15.0. The second-order valence-electron chi connectivity index (χ2n) is 5.41. The quantitative estimate of drug-likeness (QED) is 0.675. The first-order valence-electron chi connectivity index (χ1n) is 6.98. The summed E-state index contributed by atoms with van der Waals surface area (Å²) in [5.74, 6) is 0.927. The van der Waals surface area contributed by atoms with Gasteiger partial charge in [-0.3, -0.25) is 4.57 Å². The van der Waals surface area contributed by atoms with E-state index in [0.29, 0.717) is 0 Å². The van der Waals surface area contributed by atoms with Crippen LogP contribution in [0, 0.1) is 20.8 Å². The van der Waals surface area contributed by atoms with Crippen molar-refractivity contribution in [2.45, 2.75) is 25.8 Å². The van der Waals surface area contributed by atoms with Gasteiger partial charge in [-0.1, -0.05) is 48.0 Å². The maximum Gasteiger partial charge on any atom is 0.145 e. The molecular weight excluding hydrogens is 276 g/mol. The normalized spacial score (nSPS) is 10.9. The van der Waals surface area contributed by atoms with Crippen molar-refractivity contribution in [1.29, 1.82) is 0 Å². The van der Waals surface area contributed by atoms with Gasteiger partial charge in [0.1, 0.15) is 10.9 Å². The van der Waals surface area contributed by atoms with Gasteiger partial charge in [0, 0.05) is 11.8 Å². The molecule has 0 aliphatic heterocycles. The smallest absolute Gasteiger partial charge is 0.145 e. The van der Waals surface area contributed by atoms with Crippen LogP contribution >= 0.6 is 12.6 Å². The molecule has 0 radical (unpaired) electrons. The first-order chi connectivity index (χ1) is 10.1. The molecule has 0 bridgehead atoms. The Kier molecular flexibility index (Phi) is 3.60. The lowest BCUT2D eigenvalue weighted by Gasteiger charge is -2.15. The third-order valence-electron chi connectivity index (χ3n) is 3.60.